The van der Waals surface area contributed by atoms with Crippen LogP contribution in [0.1, 0.15) is 23.7 Å². The van der Waals surface area contributed by atoms with Gasteiger partial charge in [-0.15, -0.1) is 0 Å². The first kappa shape index (κ1) is 20.1. The van der Waals surface area contributed by atoms with Crippen molar-refractivity contribution in [1.82, 2.24) is 9.88 Å². The molecule has 0 aliphatic carbocycles. The highest BCUT2D eigenvalue weighted by Crippen LogP contribution is 2.22. The monoisotopic (exact) mass is 409 g/mol. The standard InChI is InChI=1S/C23H24FN3O3/c1-3-30-17-6-4-16(5-7-17)25-21(28)13-27-9-8-20-19(12-27)23(29)18-11-15(24)10-14(2)22(18)26-20/h4-7,10-11H,3,8-9,12-13H2,1-2H3,(H,25,28)(H,26,29). The zero-order valence-corrected chi connectivity index (χ0v) is 17.0. The van der Waals surface area contributed by atoms with Crippen LogP contribution in [0.25, 0.3) is 10.9 Å². The third-order valence-electron chi connectivity index (χ3n) is 5.34. The lowest BCUT2D eigenvalue weighted by atomic mass is 10.0. The molecule has 0 spiro atoms. The number of aromatic nitrogens is 1. The highest BCUT2D eigenvalue weighted by atomic mass is 19.1. The van der Waals surface area contributed by atoms with Gasteiger partial charge in [-0.1, -0.05) is 0 Å². The highest BCUT2D eigenvalue weighted by molar-refractivity contribution is 5.92. The number of benzene rings is 2. The van der Waals surface area contributed by atoms with Crippen molar-refractivity contribution in [2.75, 3.05) is 25.0 Å². The minimum Gasteiger partial charge on any atom is -0.494 e. The minimum absolute atomic E-state index is 0.151. The lowest BCUT2D eigenvalue weighted by Crippen LogP contribution is -2.39. The number of carbonyl (C=O) groups excluding carboxylic acids is 1. The molecular weight excluding hydrogens is 385 g/mol. The molecule has 0 saturated carbocycles. The Labute approximate surface area is 173 Å². The molecule has 7 heteroatoms. The molecule has 2 aromatic carbocycles. The van der Waals surface area contributed by atoms with Crippen LogP contribution in [0.3, 0.4) is 0 Å². The van der Waals surface area contributed by atoms with Gasteiger partial charge >= 0.3 is 0 Å². The maximum Gasteiger partial charge on any atom is 0.238 e. The number of hydrogen-bond donors (Lipinski definition) is 2. The van der Waals surface area contributed by atoms with Crippen LogP contribution in [0.5, 0.6) is 5.75 Å². The largest absolute Gasteiger partial charge is 0.494 e. The molecule has 0 bridgehead atoms. The Hall–Kier alpha value is -3.19. The number of carbonyl (C=O) groups is 1. The molecule has 156 valence electrons. The van der Waals surface area contributed by atoms with E-state index in [4.69, 9.17) is 4.74 Å². The molecule has 0 unspecified atom stereocenters. The van der Waals surface area contributed by atoms with Gasteiger partial charge in [0.15, 0.2) is 5.43 Å². The molecule has 4 rings (SSSR count). The first-order valence-corrected chi connectivity index (χ1v) is 10.0. The van der Waals surface area contributed by atoms with E-state index in [1.807, 2.05) is 24.0 Å². The lowest BCUT2D eigenvalue weighted by Gasteiger charge is -2.28. The normalized spacial score (nSPS) is 13.8. The van der Waals surface area contributed by atoms with Crippen LogP contribution in [0.15, 0.2) is 41.2 Å². The summed E-state index contributed by atoms with van der Waals surface area (Å²) in [6, 6.07) is 9.90. The smallest absolute Gasteiger partial charge is 0.238 e. The van der Waals surface area contributed by atoms with Crippen LogP contribution >= 0.6 is 0 Å². The van der Waals surface area contributed by atoms with Crippen molar-refractivity contribution >= 4 is 22.5 Å². The molecule has 1 aliphatic rings. The quantitative estimate of drug-likeness (QED) is 0.678. The van der Waals surface area contributed by atoms with Gasteiger partial charge < -0.3 is 15.0 Å². The van der Waals surface area contributed by atoms with E-state index < -0.39 is 5.82 Å². The van der Waals surface area contributed by atoms with Crippen LogP contribution in [0, 0.1) is 12.7 Å². The Morgan fingerprint density at radius 3 is 2.77 bits per heavy atom. The van der Waals surface area contributed by atoms with Crippen molar-refractivity contribution in [2.24, 2.45) is 0 Å². The summed E-state index contributed by atoms with van der Waals surface area (Å²) in [6.45, 7) is 5.47. The van der Waals surface area contributed by atoms with Crippen LogP contribution in [0.4, 0.5) is 10.1 Å². The maximum absolute atomic E-state index is 13.8. The molecule has 30 heavy (non-hydrogen) atoms. The number of nitrogens with one attached hydrogen (secondary N) is 2. The summed E-state index contributed by atoms with van der Waals surface area (Å²) >= 11 is 0. The molecule has 1 aromatic heterocycles. The fraction of sp³-hybridized carbons (Fsp3) is 0.304. The SMILES string of the molecule is CCOc1ccc(NC(=O)CN2CCc3[nH]c4c(C)cc(F)cc4c(=O)c3C2)cc1. The summed E-state index contributed by atoms with van der Waals surface area (Å²) in [5.41, 5.74) is 3.38. The van der Waals surface area contributed by atoms with Gasteiger partial charge in [-0.25, -0.2) is 4.39 Å². The van der Waals surface area contributed by atoms with Crippen molar-refractivity contribution in [3.8, 4) is 5.75 Å². The molecule has 1 amide bonds. The average molecular weight is 409 g/mol. The second-order valence-corrected chi connectivity index (χ2v) is 7.52. The molecule has 6 nitrogen and oxygen atoms in total. The van der Waals surface area contributed by atoms with Gasteiger partial charge in [0.1, 0.15) is 11.6 Å². The summed E-state index contributed by atoms with van der Waals surface area (Å²) in [4.78, 5) is 30.7. The minimum atomic E-state index is -0.423. The Balaban J connectivity index is 1.48. The highest BCUT2D eigenvalue weighted by Gasteiger charge is 2.23. The number of pyridine rings is 1. The van der Waals surface area contributed by atoms with Gasteiger partial charge in [-0.3, -0.25) is 14.5 Å². The lowest BCUT2D eigenvalue weighted by molar-refractivity contribution is -0.117. The Bertz CT molecular complexity index is 1160. The van der Waals surface area contributed by atoms with Gasteiger partial charge in [0.2, 0.25) is 5.91 Å². The van der Waals surface area contributed by atoms with Crippen LogP contribution in [-0.2, 0) is 17.8 Å². The molecule has 0 radical (unpaired) electrons. The van der Waals surface area contributed by atoms with E-state index in [0.717, 1.165) is 11.4 Å². The molecule has 2 heterocycles. The van der Waals surface area contributed by atoms with Gasteiger partial charge in [0.25, 0.3) is 0 Å². The van der Waals surface area contributed by atoms with Gasteiger partial charge in [-0.05, 0) is 55.8 Å². The van der Waals surface area contributed by atoms with Crippen molar-refractivity contribution in [1.29, 1.82) is 0 Å². The van der Waals surface area contributed by atoms with Crippen LogP contribution in [-0.4, -0.2) is 35.5 Å². The summed E-state index contributed by atoms with van der Waals surface area (Å²) in [7, 11) is 0. The predicted molar refractivity (Wildman–Crippen MR) is 114 cm³/mol. The molecule has 1 aliphatic heterocycles. The molecule has 3 aromatic rings. The molecule has 0 saturated heterocycles. The number of aromatic amines is 1. The number of aryl methyl sites for hydroxylation is 1. The Morgan fingerprint density at radius 1 is 1.27 bits per heavy atom. The van der Waals surface area contributed by atoms with Crippen molar-refractivity contribution < 1.29 is 13.9 Å². The Kier molecular flexibility index (Phi) is 5.55. The average Bonchev–Trinajstić information content (AvgIpc) is 2.71. The first-order chi connectivity index (χ1) is 14.4. The second kappa shape index (κ2) is 8.28. The number of amides is 1. The zero-order valence-electron chi connectivity index (χ0n) is 17.0. The van der Waals surface area contributed by atoms with E-state index in [9.17, 15) is 14.0 Å². The van der Waals surface area contributed by atoms with Gasteiger partial charge in [0.05, 0.1) is 18.7 Å². The van der Waals surface area contributed by atoms with E-state index in [1.165, 1.54) is 12.1 Å². The molecular formula is C23H24FN3O3. The first-order valence-electron chi connectivity index (χ1n) is 10.0. The predicted octanol–water partition coefficient (Wildman–Crippen LogP) is 3.37. The second-order valence-electron chi connectivity index (χ2n) is 7.52. The van der Waals surface area contributed by atoms with Crippen molar-refractivity contribution in [3.63, 3.8) is 0 Å². The van der Waals surface area contributed by atoms with Crippen LogP contribution in [0.2, 0.25) is 0 Å². The summed E-state index contributed by atoms with van der Waals surface area (Å²) < 4.78 is 19.2. The fourth-order valence-electron chi connectivity index (χ4n) is 3.91. The topological polar surface area (TPSA) is 74.4 Å². The number of nitrogens with zero attached hydrogens (tertiary/aromatic N) is 1. The summed E-state index contributed by atoms with van der Waals surface area (Å²) in [5, 5.41) is 3.22. The number of fused-ring (bicyclic) bond motifs is 2. The molecule has 2 N–H and O–H groups in total. The van der Waals surface area contributed by atoms with Gasteiger partial charge in [0, 0.05) is 41.8 Å². The number of halogens is 1. The zero-order chi connectivity index (χ0) is 21.3. The Morgan fingerprint density at radius 2 is 2.03 bits per heavy atom. The molecule has 0 fully saturated rings. The third kappa shape index (κ3) is 4.07. The fourth-order valence-corrected chi connectivity index (χ4v) is 3.91. The summed E-state index contributed by atoms with van der Waals surface area (Å²) in [6.07, 6.45) is 0.633. The number of rotatable bonds is 5. The van der Waals surface area contributed by atoms with E-state index in [-0.39, 0.29) is 17.9 Å². The number of hydrogen-bond acceptors (Lipinski definition) is 4. The number of H-pyrrole nitrogens is 1. The van der Waals surface area contributed by atoms with Crippen LogP contribution < -0.4 is 15.5 Å². The van der Waals surface area contributed by atoms with E-state index in [0.29, 0.717) is 53.8 Å². The third-order valence-corrected chi connectivity index (χ3v) is 5.34. The van der Waals surface area contributed by atoms with Gasteiger partial charge in [-0.2, -0.15) is 0 Å². The number of anilines is 1. The molecule has 0 atom stereocenters. The van der Waals surface area contributed by atoms with E-state index in [1.54, 1.807) is 19.1 Å². The summed E-state index contributed by atoms with van der Waals surface area (Å²) in [5.74, 6) is 0.177. The van der Waals surface area contributed by atoms with Crippen molar-refractivity contribution in [2.45, 2.75) is 26.8 Å². The van der Waals surface area contributed by atoms with E-state index in [2.05, 4.69) is 10.3 Å². The van der Waals surface area contributed by atoms with E-state index >= 15 is 0 Å². The van der Waals surface area contributed by atoms with Crippen molar-refractivity contribution in [3.05, 3.63) is 69.3 Å². The maximum atomic E-state index is 13.8. The number of ether oxygens (including phenoxy) is 1.